The minimum atomic E-state index is -4.72. The van der Waals surface area contributed by atoms with E-state index in [2.05, 4.69) is 29.8 Å². The molecule has 2 atom stereocenters. The summed E-state index contributed by atoms with van der Waals surface area (Å²) in [5, 5.41) is 24.2. The maximum Gasteiger partial charge on any atom is 0.397 e. The lowest BCUT2D eigenvalue weighted by Crippen LogP contribution is -2.55. The zero-order chi connectivity index (χ0) is 30.1. The summed E-state index contributed by atoms with van der Waals surface area (Å²) >= 11 is 0. The number of likely N-dealkylation sites (tertiary alicyclic amines) is 1. The average Bonchev–Trinajstić information content (AvgIpc) is 3.46. The molecule has 1 aliphatic heterocycles. The van der Waals surface area contributed by atoms with Crippen LogP contribution in [-0.2, 0) is 30.5 Å². The Labute approximate surface area is 240 Å². The first-order valence-electron chi connectivity index (χ1n) is 13.2. The third-order valence-electron chi connectivity index (χ3n) is 6.58. The molecule has 0 bridgehead atoms. The first-order chi connectivity index (χ1) is 20.1. The number of non-ortho nitro benzene ring substituents is 1. The van der Waals surface area contributed by atoms with E-state index in [4.69, 9.17) is 9.29 Å². The molecule has 0 radical (unpaired) electrons. The van der Waals surface area contributed by atoms with Crippen molar-refractivity contribution in [3.8, 4) is 0 Å². The molecule has 1 saturated heterocycles. The van der Waals surface area contributed by atoms with Crippen molar-refractivity contribution in [3.05, 3.63) is 58.1 Å². The first-order valence-corrected chi connectivity index (χ1v) is 14.5. The van der Waals surface area contributed by atoms with Crippen molar-refractivity contribution in [2.75, 3.05) is 31.6 Å². The van der Waals surface area contributed by atoms with E-state index < -0.39 is 46.0 Å². The van der Waals surface area contributed by atoms with Crippen molar-refractivity contribution in [1.82, 2.24) is 20.5 Å². The molecule has 42 heavy (non-hydrogen) atoms. The molecule has 16 nitrogen and oxygen atoms in total. The molecule has 3 N–H and O–H groups in total. The van der Waals surface area contributed by atoms with Gasteiger partial charge in [0.15, 0.2) is 5.52 Å². The second kappa shape index (κ2) is 14.0. The number of carbonyl (C=O) groups is 2. The molecule has 2 heterocycles. The van der Waals surface area contributed by atoms with Gasteiger partial charge in [-0.15, -0.1) is 0 Å². The van der Waals surface area contributed by atoms with Gasteiger partial charge in [-0.05, 0) is 54.0 Å². The molecule has 226 valence electrons. The number of anilines is 1. The minimum Gasteiger partial charge on any atom is -0.464 e. The number of urea groups is 1. The molecule has 0 aliphatic carbocycles. The summed E-state index contributed by atoms with van der Waals surface area (Å²) in [5.41, 5.74) is 1.27. The summed E-state index contributed by atoms with van der Waals surface area (Å²) < 4.78 is 45.9. The summed E-state index contributed by atoms with van der Waals surface area (Å²) in [6, 6.07) is 9.56. The summed E-state index contributed by atoms with van der Waals surface area (Å²) in [7, 11) is -4.72. The Bertz CT molecular complexity index is 1500. The topological polar surface area (TPSA) is 216 Å². The quantitative estimate of drug-likeness (QED) is 0.0838. The van der Waals surface area contributed by atoms with Crippen LogP contribution in [0.15, 0.2) is 47.1 Å². The largest absolute Gasteiger partial charge is 0.464 e. The van der Waals surface area contributed by atoms with Crippen LogP contribution in [0.5, 0.6) is 0 Å². The van der Waals surface area contributed by atoms with E-state index in [0.717, 1.165) is 5.56 Å². The van der Waals surface area contributed by atoms with Crippen molar-refractivity contribution in [2.45, 2.75) is 44.2 Å². The Morgan fingerprint density at radius 1 is 1.17 bits per heavy atom. The van der Waals surface area contributed by atoms with Gasteiger partial charge in [-0.3, -0.25) is 14.7 Å². The molecule has 1 fully saturated rings. The summed E-state index contributed by atoms with van der Waals surface area (Å²) in [5.74, 6) is -0.572. The van der Waals surface area contributed by atoms with Gasteiger partial charge in [0.05, 0.1) is 29.9 Å². The van der Waals surface area contributed by atoms with Crippen molar-refractivity contribution in [3.63, 3.8) is 0 Å². The van der Waals surface area contributed by atoms with Crippen LogP contribution in [0.25, 0.3) is 11.0 Å². The molecule has 0 spiro atoms. The van der Waals surface area contributed by atoms with E-state index in [0.29, 0.717) is 44.5 Å². The van der Waals surface area contributed by atoms with Crippen LogP contribution in [0.3, 0.4) is 0 Å². The fourth-order valence-corrected chi connectivity index (χ4v) is 4.94. The van der Waals surface area contributed by atoms with Crippen molar-refractivity contribution in [1.29, 1.82) is 0 Å². The summed E-state index contributed by atoms with van der Waals surface area (Å²) in [4.78, 5) is 38.0. The highest BCUT2D eigenvalue weighted by atomic mass is 32.3. The van der Waals surface area contributed by atoms with E-state index >= 15 is 0 Å². The summed E-state index contributed by atoms with van der Waals surface area (Å²) in [6.45, 7) is 0.188. The predicted octanol–water partition coefficient (Wildman–Crippen LogP) is 2.47. The lowest BCUT2D eigenvalue weighted by molar-refractivity contribution is -0.383. The Hall–Kier alpha value is -4.35. The number of piperidine rings is 1. The highest BCUT2D eigenvalue weighted by Crippen LogP contribution is 2.28. The fraction of sp³-hybridized carbons (Fsp3) is 0.440. The van der Waals surface area contributed by atoms with Gasteiger partial charge >= 0.3 is 28.1 Å². The van der Waals surface area contributed by atoms with Crippen LogP contribution in [0.4, 0.5) is 16.2 Å². The van der Waals surface area contributed by atoms with Gasteiger partial charge in [0, 0.05) is 19.2 Å². The third-order valence-corrected chi connectivity index (χ3v) is 7.01. The fourth-order valence-electron chi connectivity index (χ4n) is 4.60. The smallest absolute Gasteiger partial charge is 0.397 e. The van der Waals surface area contributed by atoms with Crippen LogP contribution >= 0.6 is 0 Å². The molecule has 4 rings (SSSR count). The Morgan fingerprint density at radius 2 is 1.93 bits per heavy atom. The second-order valence-corrected chi connectivity index (χ2v) is 10.6. The van der Waals surface area contributed by atoms with Crippen molar-refractivity contribution >= 4 is 44.8 Å². The zero-order valence-electron chi connectivity index (χ0n) is 22.4. The molecule has 3 aromatic rings. The van der Waals surface area contributed by atoms with E-state index in [-0.39, 0.29) is 29.7 Å². The predicted molar refractivity (Wildman–Crippen MR) is 147 cm³/mol. The highest BCUT2D eigenvalue weighted by molar-refractivity contribution is 7.80. The molecule has 0 saturated carbocycles. The van der Waals surface area contributed by atoms with Gasteiger partial charge in [-0.2, -0.15) is 8.42 Å². The number of carbonyl (C=O) groups excluding carboxylic acids is 2. The molecule has 1 aromatic heterocycles. The Kier molecular flexibility index (Phi) is 10.2. The first kappa shape index (κ1) is 30.6. The number of nitrogens with one attached hydrogen (secondary N) is 2. The molecule has 2 aromatic carbocycles. The standard InChI is InChI=1S/C25H30N6O10S/c32-24(39-14-6-12-26-19-10-11-20(31(34)35)23-22(19)28-41-29-23)21-9-4-5-13-30(21)25(33)27-18(16-40-42(36,37)38)15-17-7-2-1-3-8-17/h1-3,7-8,10-11,18,21,26H,4-6,9,12-16H2,(H,27,33)(H,36,37,38). The molecular formula is C25H30N6O10S. The molecule has 2 amide bonds. The number of rotatable bonds is 13. The number of amides is 2. The number of hydrogen-bond acceptors (Lipinski definition) is 12. The van der Waals surface area contributed by atoms with Gasteiger partial charge in [0.1, 0.15) is 6.04 Å². The number of benzene rings is 2. The Morgan fingerprint density at radius 3 is 2.67 bits per heavy atom. The second-order valence-electron chi connectivity index (χ2n) is 9.55. The third kappa shape index (κ3) is 8.34. The normalized spacial score (nSPS) is 16.1. The molecular weight excluding hydrogens is 576 g/mol. The number of fused-ring (bicyclic) bond motifs is 1. The van der Waals surface area contributed by atoms with Crippen LogP contribution in [0.1, 0.15) is 31.2 Å². The number of nitrogens with zero attached hydrogens (tertiary/aromatic N) is 4. The van der Waals surface area contributed by atoms with Gasteiger partial charge in [0.2, 0.25) is 5.52 Å². The highest BCUT2D eigenvalue weighted by Gasteiger charge is 2.34. The van der Waals surface area contributed by atoms with E-state index in [1.54, 1.807) is 24.3 Å². The van der Waals surface area contributed by atoms with Crippen LogP contribution in [0, 0.1) is 10.1 Å². The number of aromatic nitrogens is 2. The van der Waals surface area contributed by atoms with Gasteiger partial charge in [-0.25, -0.2) is 18.4 Å². The van der Waals surface area contributed by atoms with E-state index in [9.17, 15) is 28.1 Å². The van der Waals surface area contributed by atoms with Crippen LogP contribution in [-0.4, -0.2) is 83.5 Å². The van der Waals surface area contributed by atoms with E-state index in [1.165, 1.54) is 17.0 Å². The molecule has 1 aliphatic rings. The number of hydrogen-bond donors (Lipinski definition) is 3. The van der Waals surface area contributed by atoms with Gasteiger partial charge in [0.25, 0.3) is 0 Å². The number of ether oxygens (including phenoxy) is 1. The summed E-state index contributed by atoms with van der Waals surface area (Å²) in [6.07, 6.45) is 2.40. The molecule has 2 unspecified atom stereocenters. The average molecular weight is 607 g/mol. The number of nitro groups is 1. The number of nitro benzene ring substituents is 1. The van der Waals surface area contributed by atoms with E-state index in [1.807, 2.05) is 6.07 Å². The van der Waals surface area contributed by atoms with Crippen molar-refractivity contribution in [2.24, 2.45) is 0 Å². The maximum atomic E-state index is 13.2. The molecule has 17 heteroatoms. The zero-order valence-corrected chi connectivity index (χ0v) is 23.2. The van der Waals surface area contributed by atoms with Gasteiger partial charge < -0.3 is 20.3 Å². The lowest BCUT2D eigenvalue weighted by Gasteiger charge is -2.35. The van der Waals surface area contributed by atoms with Crippen molar-refractivity contribution < 1.29 is 41.0 Å². The SMILES string of the molecule is O=C(OCCCNc1ccc([N+](=O)[O-])c2nonc12)C1CCCCN1C(=O)NC(COS(=O)(=O)O)Cc1ccccc1. The lowest BCUT2D eigenvalue weighted by atomic mass is 10.0. The number of esters is 1. The maximum absolute atomic E-state index is 13.2. The van der Waals surface area contributed by atoms with Crippen LogP contribution in [0.2, 0.25) is 0 Å². The monoisotopic (exact) mass is 606 g/mol. The Balaban J connectivity index is 1.30. The van der Waals surface area contributed by atoms with Crippen LogP contribution < -0.4 is 10.6 Å². The minimum absolute atomic E-state index is 0.0163. The van der Waals surface area contributed by atoms with Gasteiger partial charge in [-0.1, -0.05) is 30.3 Å².